The molecule has 0 saturated carbocycles. The Bertz CT molecular complexity index is 792. The van der Waals surface area contributed by atoms with Crippen molar-refractivity contribution in [1.29, 1.82) is 0 Å². The molecule has 4 nitrogen and oxygen atoms in total. The summed E-state index contributed by atoms with van der Waals surface area (Å²) >= 11 is 1.79. The average molecular weight is 385 g/mol. The maximum absolute atomic E-state index is 12.7. The number of morpholine rings is 1. The van der Waals surface area contributed by atoms with Gasteiger partial charge in [-0.2, -0.15) is 0 Å². The van der Waals surface area contributed by atoms with Crippen molar-refractivity contribution in [2.45, 2.75) is 58.3 Å². The zero-order valence-corrected chi connectivity index (χ0v) is 17.0. The Morgan fingerprint density at radius 3 is 2.59 bits per heavy atom. The highest BCUT2D eigenvalue weighted by Crippen LogP contribution is 2.39. The van der Waals surface area contributed by atoms with Crippen molar-refractivity contribution in [3.63, 3.8) is 0 Å². The summed E-state index contributed by atoms with van der Waals surface area (Å²) in [7, 11) is 0. The van der Waals surface area contributed by atoms with Gasteiger partial charge in [-0.25, -0.2) is 0 Å². The first-order valence-corrected chi connectivity index (χ1v) is 10.8. The normalized spacial score (nSPS) is 23.0. The Kier molecular flexibility index (Phi) is 5.62. The molecule has 2 unspecified atom stereocenters. The highest BCUT2D eigenvalue weighted by Gasteiger charge is 2.27. The highest BCUT2D eigenvalue weighted by atomic mass is 32.1. The third-order valence-electron chi connectivity index (χ3n) is 5.42. The molecule has 2 aromatic rings. The maximum Gasteiger partial charge on any atom is 0.256 e. The molecule has 1 aromatic heterocycles. The van der Waals surface area contributed by atoms with Crippen LogP contribution in [0.15, 0.2) is 30.3 Å². The number of ether oxygens (including phenoxy) is 1. The van der Waals surface area contributed by atoms with Crippen LogP contribution in [0.3, 0.4) is 0 Å². The number of benzene rings is 1. The van der Waals surface area contributed by atoms with Crippen molar-refractivity contribution in [3.8, 4) is 0 Å². The van der Waals surface area contributed by atoms with Crippen LogP contribution in [-0.2, 0) is 24.1 Å². The van der Waals surface area contributed by atoms with E-state index in [1.54, 1.807) is 11.3 Å². The average Bonchev–Trinajstić information content (AvgIpc) is 2.99. The van der Waals surface area contributed by atoms with E-state index in [2.05, 4.69) is 24.1 Å². The van der Waals surface area contributed by atoms with E-state index in [0.717, 1.165) is 37.5 Å². The first-order chi connectivity index (χ1) is 13.1. The molecular formula is C22H28N2O2S. The van der Waals surface area contributed by atoms with Crippen LogP contribution in [0.2, 0.25) is 0 Å². The standard InChI is InChI=1S/C22H28N2O2S/c1-15-12-24(13-16(2)26-15)14-19-18-10-6-7-11-20(18)27-22(19)23-21(25)17-8-4-3-5-9-17/h3-5,8-9,15-16H,6-7,10-14H2,1-2H3,(H,23,25). The second-order valence-corrected chi connectivity index (χ2v) is 8.90. The molecular weight excluding hydrogens is 356 g/mol. The molecule has 2 aliphatic rings. The number of amides is 1. The van der Waals surface area contributed by atoms with Gasteiger partial charge in [-0.05, 0) is 57.2 Å². The van der Waals surface area contributed by atoms with E-state index in [1.807, 2.05) is 30.3 Å². The Labute approximate surface area is 165 Å². The number of hydrogen-bond donors (Lipinski definition) is 1. The highest BCUT2D eigenvalue weighted by molar-refractivity contribution is 7.16. The predicted octanol–water partition coefficient (Wildman–Crippen LogP) is 4.49. The molecule has 1 aromatic carbocycles. The van der Waals surface area contributed by atoms with E-state index in [-0.39, 0.29) is 18.1 Å². The number of nitrogens with one attached hydrogen (secondary N) is 1. The molecule has 1 amide bonds. The van der Waals surface area contributed by atoms with Gasteiger partial charge in [0, 0.05) is 35.6 Å². The molecule has 5 heteroatoms. The summed E-state index contributed by atoms with van der Waals surface area (Å²) < 4.78 is 5.89. The van der Waals surface area contributed by atoms with Gasteiger partial charge in [0.15, 0.2) is 0 Å². The molecule has 1 aliphatic heterocycles. The minimum atomic E-state index is -0.0147. The largest absolute Gasteiger partial charge is 0.373 e. The molecule has 144 valence electrons. The summed E-state index contributed by atoms with van der Waals surface area (Å²) in [6.07, 6.45) is 5.29. The van der Waals surface area contributed by atoms with Crippen LogP contribution in [0.4, 0.5) is 5.00 Å². The van der Waals surface area contributed by atoms with Crippen molar-refractivity contribution in [2.75, 3.05) is 18.4 Å². The predicted molar refractivity (Wildman–Crippen MR) is 111 cm³/mol. The van der Waals surface area contributed by atoms with Gasteiger partial charge >= 0.3 is 0 Å². The van der Waals surface area contributed by atoms with E-state index in [1.165, 1.54) is 28.8 Å². The van der Waals surface area contributed by atoms with Crippen LogP contribution in [0.1, 0.15) is 53.1 Å². The third kappa shape index (κ3) is 4.26. The fourth-order valence-electron chi connectivity index (χ4n) is 4.30. The zero-order valence-electron chi connectivity index (χ0n) is 16.2. The third-order valence-corrected chi connectivity index (χ3v) is 6.67. The zero-order chi connectivity index (χ0) is 18.8. The van der Waals surface area contributed by atoms with E-state index in [4.69, 9.17) is 4.74 Å². The lowest BCUT2D eigenvalue weighted by Gasteiger charge is -2.35. The van der Waals surface area contributed by atoms with Crippen LogP contribution in [0.25, 0.3) is 0 Å². The van der Waals surface area contributed by atoms with Gasteiger partial charge < -0.3 is 10.1 Å². The maximum atomic E-state index is 12.7. The van der Waals surface area contributed by atoms with E-state index in [9.17, 15) is 4.79 Å². The van der Waals surface area contributed by atoms with Crippen molar-refractivity contribution in [1.82, 2.24) is 4.90 Å². The first-order valence-electron chi connectivity index (χ1n) is 9.98. The number of thiophene rings is 1. The SMILES string of the molecule is CC1CN(Cc2c(NC(=O)c3ccccc3)sc3c2CCCC3)CC(C)O1. The lowest BCUT2D eigenvalue weighted by molar-refractivity contribution is -0.0704. The number of carbonyl (C=O) groups is 1. The molecule has 1 aliphatic carbocycles. The molecule has 2 atom stereocenters. The molecule has 1 N–H and O–H groups in total. The summed E-state index contributed by atoms with van der Waals surface area (Å²) in [6, 6.07) is 9.49. The Morgan fingerprint density at radius 2 is 1.85 bits per heavy atom. The second-order valence-electron chi connectivity index (χ2n) is 7.79. The van der Waals surface area contributed by atoms with Crippen LogP contribution in [0.5, 0.6) is 0 Å². The van der Waals surface area contributed by atoms with Crippen LogP contribution in [-0.4, -0.2) is 36.1 Å². The summed E-state index contributed by atoms with van der Waals surface area (Å²) in [6.45, 7) is 7.07. The van der Waals surface area contributed by atoms with Crippen LogP contribution in [0, 0.1) is 0 Å². The minimum absolute atomic E-state index is 0.0147. The fraction of sp³-hybridized carbons (Fsp3) is 0.500. The van der Waals surface area contributed by atoms with Crippen LogP contribution >= 0.6 is 11.3 Å². The van der Waals surface area contributed by atoms with E-state index >= 15 is 0 Å². The molecule has 1 saturated heterocycles. The molecule has 4 rings (SSSR count). The smallest absolute Gasteiger partial charge is 0.256 e. The number of carbonyl (C=O) groups excluding carboxylic acids is 1. The van der Waals surface area contributed by atoms with E-state index < -0.39 is 0 Å². The van der Waals surface area contributed by atoms with Gasteiger partial charge in [0.25, 0.3) is 5.91 Å². The lowest BCUT2D eigenvalue weighted by atomic mass is 9.95. The molecule has 1 fully saturated rings. The molecule has 0 radical (unpaired) electrons. The van der Waals surface area contributed by atoms with Crippen LogP contribution < -0.4 is 5.32 Å². The second kappa shape index (κ2) is 8.13. The van der Waals surface area contributed by atoms with Gasteiger partial charge in [0.2, 0.25) is 0 Å². The molecule has 27 heavy (non-hydrogen) atoms. The van der Waals surface area contributed by atoms with Crippen molar-refractivity contribution < 1.29 is 9.53 Å². The lowest BCUT2D eigenvalue weighted by Crippen LogP contribution is -2.45. The van der Waals surface area contributed by atoms with Crippen molar-refractivity contribution >= 4 is 22.2 Å². The topological polar surface area (TPSA) is 41.6 Å². The number of aryl methyl sites for hydroxylation is 1. The van der Waals surface area contributed by atoms with Gasteiger partial charge in [0.05, 0.1) is 12.2 Å². The number of anilines is 1. The monoisotopic (exact) mass is 384 g/mol. The quantitative estimate of drug-likeness (QED) is 0.844. The Hall–Kier alpha value is -1.69. The molecule has 0 spiro atoms. The molecule has 2 heterocycles. The summed E-state index contributed by atoms with van der Waals surface area (Å²) in [5.41, 5.74) is 3.53. The van der Waals surface area contributed by atoms with Crippen molar-refractivity contribution in [3.05, 3.63) is 51.9 Å². The van der Waals surface area contributed by atoms with Gasteiger partial charge in [-0.15, -0.1) is 11.3 Å². The number of rotatable bonds is 4. The fourth-order valence-corrected chi connectivity index (χ4v) is 5.60. The number of hydrogen-bond acceptors (Lipinski definition) is 4. The van der Waals surface area contributed by atoms with Crippen molar-refractivity contribution in [2.24, 2.45) is 0 Å². The van der Waals surface area contributed by atoms with Gasteiger partial charge in [-0.3, -0.25) is 9.69 Å². The number of fused-ring (bicyclic) bond motifs is 1. The number of nitrogens with zero attached hydrogens (tertiary/aromatic N) is 1. The molecule has 0 bridgehead atoms. The summed E-state index contributed by atoms with van der Waals surface area (Å²) in [4.78, 5) is 16.7. The van der Waals surface area contributed by atoms with Gasteiger partial charge in [-0.1, -0.05) is 18.2 Å². The van der Waals surface area contributed by atoms with E-state index in [0.29, 0.717) is 5.56 Å². The Morgan fingerprint density at radius 1 is 1.15 bits per heavy atom. The summed E-state index contributed by atoms with van der Waals surface area (Å²) in [5, 5.41) is 4.26. The first kappa shape index (κ1) is 18.7. The van der Waals surface area contributed by atoms with Gasteiger partial charge in [0.1, 0.15) is 5.00 Å². The summed E-state index contributed by atoms with van der Waals surface area (Å²) in [5.74, 6) is -0.0147. The Balaban J connectivity index is 1.59. The minimum Gasteiger partial charge on any atom is -0.373 e.